The first-order chi connectivity index (χ1) is 13.6. The highest BCUT2D eigenvalue weighted by atomic mass is 32.1. The summed E-state index contributed by atoms with van der Waals surface area (Å²) in [6, 6.07) is 13.0. The van der Waals surface area contributed by atoms with Crippen LogP contribution >= 0.6 is 22.7 Å². The van der Waals surface area contributed by atoms with Gasteiger partial charge in [0.15, 0.2) is 10.3 Å². The molecule has 0 aliphatic carbocycles. The van der Waals surface area contributed by atoms with Crippen LogP contribution in [-0.2, 0) is 0 Å². The number of nitrogens with one attached hydrogen (secondary N) is 2. The van der Waals surface area contributed by atoms with Gasteiger partial charge in [-0.15, -0.1) is 11.3 Å². The molecule has 2 N–H and O–H groups in total. The fourth-order valence-corrected chi connectivity index (χ4v) is 4.24. The summed E-state index contributed by atoms with van der Waals surface area (Å²) in [5.74, 6) is 0.579. The fraction of sp³-hybridized carbons (Fsp3) is 0.100. The third-order valence-corrected chi connectivity index (χ3v) is 5.79. The molecule has 0 saturated heterocycles. The Balaban J connectivity index is 1.50. The van der Waals surface area contributed by atoms with Gasteiger partial charge in [-0.25, -0.2) is 15.0 Å². The highest BCUT2D eigenvalue weighted by molar-refractivity contribution is 7.20. The minimum absolute atomic E-state index is 0.174. The Hall–Kier alpha value is -3.10. The molecule has 3 heterocycles. The van der Waals surface area contributed by atoms with E-state index in [4.69, 9.17) is 0 Å². The molecule has 0 atom stereocenters. The summed E-state index contributed by atoms with van der Waals surface area (Å²) in [5.41, 5.74) is 3.37. The standard InChI is InChI=1S/C20H17N5OS2/c1-12-8-9-16(21-10-12)24-19-23-15(11-27-19)17-13(2)22-20(28-17)25-18(26)14-6-4-3-5-7-14/h3-11H,1-2H3,(H,21,23,24)(H,22,25,26). The normalized spacial score (nSPS) is 10.6. The number of aromatic nitrogens is 3. The smallest absolute Gasteiger partial charge is 0.257 e. The average molecular weight is 408 g/mol. The summed E-state index contributed by atoms with van der Waals surface area (Å²) in [4.78, 5) is 26.7. The molecular formula is C20H17N5OS2. The van der Waals surface area contributed by atoms with Gasteiger partial charge in [0.05, 0.1) is 16.3 Å². The van der Waals surface area contributed by atoms with E-state index in [9.17, 15) is 4.79 Å². The lowest BCUT2D eigenvalue weighted by Gasteiger charge is -2.01. The van der Waals surface area contributed by atoms with Gasteiger partial charge in [0.2, 0.25) is 0 Å². The van der Waals surface area contributed by atoms with Gasteiger partial charge in [-0.1, -0.05) is 35.6 Å². The molecule has 1 aromatic carbocycles. The Bertz CT molecular complexity index is 1100. The summed E-state index contributed by atoms with van der Waals surface area (Å²) in [6.07, 6.45) is 1.81. The molecule has 0 spiro atoms. The summed E-state index contributed by atoms with van der Waals surface area (Å²) in [7, 11) is 0. The van der Waals surface area contributed by atoms with E-state index < -0.39 is 0 Å². The molecule has 4 aromatic rings. The van der Waals surface area contributed by atoms with Crippen LogP contribution in [0.2, 0.25) is 0 Å². The van der Waals surface area contributed by atoms with Crippen molar-refractivity contribution in [2.75, 3.05) is 10.6 Å². The van der Waals surface area contributed by atoms with E-state index in [1.165, 1.54) is 22.7 Å². The lowest BCUT2D eigenvalue weighted by Crippen LogP contribution is -2.11. The van der Waals surface area contributed by atoms with Gasteiger partial charge in [-0.2, -0.15) is 0 Å². The van der Waals surface area contributed by atoms with E-state index in [-0.39, 0.29) is 5.91 Å². The Morgan fingerprint density at radius 1 is 1.00 bits per heavy atom. The molecule has 0 radical (unpaired) electrons. The number of benzene rings is 1. The van der Waals surface area contributed by atoms with Crippen LogP contribution in [0.15, 0.2) is 54.0 Å². The number of amides is 1. The molecule has 8 heteroatoms. The second kappa shape index (κ2) is 7.87. The summed E-state index contributed by atoms with van der Waals surface area (Å²) in [5, 5.41) is 9.36. The number of pyridine rings is 1. The van der Waals surface area contributed by atoms with Crippen LogP contribution in [-0.4, -0.2) is 20.9 Å². The van der Waals surface area contributed by atoms with Crippen molar-refractivity contribution in [3.63, 3.8) is 0 Å². The van der Waals surface area contributed by atoms with Crippen LogP contribution in [0, 0.1) is 13.8 Å². The van der Waals surface area contributed by atoms with Crippen molar-refractivity contribution in [1.29, 1.82) is 0 Å². The lowest BCUT2D eigenvalue weighted by atomic mass is 10.2. The van der Waals surface area contributed by atoms with Crippen molar-refractivity contribution < 1.29 is 4.79 Å². The van der Waals surface area contributed by atoms with Crippen LogP contribution in [0.4, 0.5) is 16.1 Å². The van der Waals surface area contributed by atoms with E-state index in [1.54, 1.807) is 12.1 Å². The molecule has 140 valence electrons. The zero-order chi connectivity index (χ0) is 19.5. The Morgan fingerprint density at radius 3 is 2.57 bits per heavy atom. The summed E-state index contributed by atoms with van der Waals surface area (Å²) >= 11 is 2.92. The monoisotopic (exact) mass is 407 g/mol. The summed E-state index contributed by atoms with van der Waals surface area (Å²) in [6.45, 7) is 3.91. The molecule has 0 saturated carbocycles. The van der Waals surface area contributed by atoms with E-state index in [1.807, 2.05) is 55.8 Å². The molecule has 4 rings (SSSR count). The average Bonchev–Trinajstić information content (AvgIpc) is 3.30. The Morgan fingerprint density at radius 2 is 1.82 bits per heavy atom. The molecular weight excluding hydrogens is 390 g/mol. The number of rotatable bonds is 5. The highest BCUT2D eigenvalue weighted by Gasteiger charge is 2.15. The van der Waals surface area contributed by atoms with Crippen molar-refractivity contribution >= 4 is 44.7 Å². The van der Waals surface area contributed by atoms with Gasteiger partial charge in [-0.05, 0) is 37.6 Å². The van der Waals surface area contributed by atoms with E-state index in [2.05, 4.69) is 25.6 Å². The van der Waals surface area contributed by atoms with E-state index in [0.717, 1.165) is 32.8 Å². The van der Waals surface area contributed by atoms with Crippen molar-refractivity contribution in [3.05, 3.63) is 70.9 Å². The van der Waals surface area contributed by atoms with Crippen LogP contribution in [0.5, 0.6) is 0 Å². The van der Waals surface area contributed by atoms with Gasteiger partial charge in [-0.3, -0.25) is 10.1 Å². The van der Waals surface area contributed by atoms with Crippen LogP contribution < -0.4 is 10.6 Å². The zero-order valence-corrected chi connectivity index (χ0v) is 16.9. The van der Waals surface area contributed by atoms with Gasteiger partial charge in [0.1, 0.15) is 5.82 Å². The molecule has 28 heavy (non-hydrogen) atoms. The maximum atomic E-state index is 12.3. The van der Waals surface area contributed by atoms with Crippen molar-refractivity contribution in [2.24, 2.45) is 0 Å². The van der Waals surface area contributed by atoms with Crippen LogP contribution in [0.1, 0.15) is 21.6 Å². The molecule has 0 unspecified atom stereocenters. The van der Waals surface area contributed by atoms with Gasteiger partial charge < -0.3 is 5.32 Å². The van der Waals surface area contributed by atoms with Crippen LogP contribution in [0.25, 0.3) is 10.6 Å². The SMILES string of the molecule is Cc1ccc(Nc2nc(-c3sc(NC(=O)c4ccccc4)nc3C)cs2)nc1. The third kappa shape index (κ3) is 4.08. The minimum atomic E-state index is -0.174. The summed E-state index contributed by atoms with van der Waals surface area (Å²) < 4.78 is 0. The van der Waals surface area contributed by atoms with E-state index >= 15 is 0 Å². The number of hydrogen-bond acceptors (Lipinski definition) is 7. The Labute approximate surface area is 170 Å². The van der Waals surface area contributed by atoms with Gasteiger partial charge in [0, 0.05) is 17.1 Å². The number of anilines is 3. The van der Waals surface area contributed by atoms with Crippen molar-refractivity contribution in [3.8, 4) is 10.6 Å². The maximum absolute atomic E-state index is 12.3. The molecule has 0 aliphatic heterocycles. The lowest BCUT2D eigenvalue weighted by molar-refractivity contribution is 0.102. The molecule has 6 nitrogen and oxygen atoms in total. The molecule has 0 bridgehead atoms. The first-order valence-electron chi connectivity index (χ1n) is 8.58. The van der Waals surface area contributed by atoms with Crippen molar-refractivity contribution in [2.45, 2.75) is 13.8 Å². The quantitative estimate of drug-likeness (QED) is 0.471. The molecule has 0 fully saturated rings. The zero-order valence-electron chi connectivity index (χ0n) is 15.3. The maximum Gasteiger partial charge on any atom is 0.257 e. The molecule has 3 aromatic heterocycles. The van der Waals surface area contributed by atoms with Crippen molar-refractivity contribution in [1.82, 2.24) is 15.0 Å². The highest BCUT2D eigenvalue weighted by Crippen LogP contribution is 2.35. The minimum Gasteiger partial charge on any atom is -0.316 e. The number of nitrogens with zero attached hydrogens (tertiary/aromatic N) is 3. The number of hydrogen-bond donors (Lipinski definition) is 2. The predicted octanol–water partition coefficient (Wildman–Crippen LogP) is 5.27. The first kappa shape index (κ1) is 18.3. The number of aryl methyl sites for hydroxylation is 2. The molecule has 1 amide bonds. The second-order valence-electron chi connectivity index (χ2n) is 6.14. The largest absolute Gasteiger partial charge is 0.316 e. The number of thiazole rings is 2. The number of carbonyl (C=O) groups excluding carboxylic acids is 1. The number of carbonyl (C=O) groups is 1. The molecule has 0 aliphatic rings. The van der Waals surface area contributed by atoms with Gasteiger partial charge >= 0.3 is 0 Å². The topological polar surface area (TPSA) is 79.8 Å². The van der Waals surface area contributed by atoms with Crippen LogP contribution in [0.3, 0.4) is 0 Å². The Kier molecular flexibility index (Phi) is 5.14. The van der Waals surface area contributed by atoms with Gasteiger partial charge in [0.25, 0.3) is 5.91 Å². The second-order valence-corrected chi connectivity index (χ2v) is 7.99. The third-order valence-electron chi connectivity index (χ3n) is 3.94. The first-order valence-corrected chi connectivity index (χ1v) is 10.3. The predicted molar refractivity (Wildman–Crippen MR) is 115 cm³/mol. The van der Waals surface area contributed by atoms with E-state index in [0.29, 0.717) is 10.7 Å². The fourth-order valence-electron chi connectivity index (χ4n) is 2.53.